The number of anilines is 1. The predicted molar refractivity (Wildman–Crippen MR) is 65.9 cm³/mol. The first-order valence-electron chi connectivity index (χ1n) is 5.18. The van der Waals surface area contributed by atoms with Crippen LogP contribution in [-0.2, 0) is 4.79 Å². The average Bonchev–Trinajstić information content (AvgIpc) is 2.31. The Hall–Kier alpha value is -2.43. The number of amides is 1. The zero-order valence-electron chi connectivity index (χ0n) is 9.68. The Morgan fingerprint density at radius 2 is 2.06 bits per heavy atom. The van der Waals surface area contributed by atoms with Crippen molar-refractivity contribution in [2.24, 2.45) is 0 Å². The lowest BCUT2D eigenvalue weighted by Gasteiger charge is -2.07. The van der Waals surface area contributed by atoms with E-state index in [-0.39, 0.29) is 11.3 Å². The van der Waals surface area contributed by atoms with Crippen LogP contribution in [0, 0.1) is 5.82 Å². The summed E-state index contributed by atoms with van der Waals surface area (Å²) >= 11 is 0. The van der Waals surface area contributed by atoms with Gasteiger partial charge in [-0.05, 0) is 19.1 Å². The number of hydrogen-bond acceptors (Lipinski definition) is 2. The van der Waals surface area contributed by atoms with Gasteiger partial charge in [0.15, 0.2) is 0 Å². The zero-order valence-corrected chi connectivity index (χ0v) is 9.68. The number of nitrogens with one attached hydrogen (secondary N) is 1. The molecule has 94 valence electrons. The summed E-state index contributed by atoms with van der Waals surface area (Å²) in [5, 5.41) is 11.1. The van der Waals surface area contributed by atoms with Crippen LogP contribution in [-0.4, -0.2) is 17.0 Å². The molecule has 0 bridgehead atoms. The Bertz CT molecular complexity index is 521. The van der Waals surface area contributed by atoms with Crippen LogP contribution in [0.3, 0.4) is 0 Å². The maximum Gasteiger partial charge on any atom is 0.337 e. The van der Waals surface area contributed by atoms with Crippen LogP contribution in [0.1, 0.15) is 17.3 Å². The molecule has 0 aliphatic rings. The third kappa shape index (κ3) is 3.55. The summed E-state index contributed by atoms with van der Waals surface area (Å²) in [5.74, 6) is -2.69. The first-order valence-corrected chi connectivity index (χ1v) is 5.18. The maximum absolute atomic E-state index is 13.4. The van der Waals surface area contributed by atoms with Gasteiger partial charge in [0, 0.05) is 6.08 Å². The standard InChI is InChI=1S/C13H12FNO3/c1-2-3-4-8-11(16)15-12-9(13(17)18)6-5-7-10(12)14/h2-8H,1H3,(H,15,16)(H,17,18)/b3-2+,8-4+. The summed E-state index contributed by atoms with van der Waals surface area (Å²) in [6, 6.07) is 3.57. The van der Waals surface area contributed by atoms with Gasteiger partial charge in [0.1, 0.15) is 5.82 Å². The molecule has 0 radical (unpaired) electrons. The van der Waals surface area contributed by atoms with Crippen LogP contribution in [0.25, 0.3) is 0 Å². The van der Waals surface area contributed by atoms with Gasteiger partial charge in [-0.1, -0.05) is 24.3 Å². The van der Waals surface area contributed by atoms with Crippen LogP contribution in [0.15, 0.2) is 42.5 Å². The topological polar surface area (TPSA) is 66.4 Å². The van der Waals surface area contributed by atoms with Gasteiger partial charge >= 0.3 is 5.97 Å². The molecule has 1 amide bonds. The quantitative estimate of drug-likeness (QED) is 0.636. The molecule has 5 heteroatoms. The second-order valence-corrected chi connectivity index (χ2v) is 3.34. The summed E-state index contributed by atoms with van der Waals surface area (Å²) < 4.78 is 13.4. The molecule has 0 saturated carbocycles. The number of carboxylic acids is 1. The van der Waals surface area contributed by atoms with Crippen molar-refractivity contribution in [2.75, 3.05) is 5.32 Å². The van der Waals surface area contributed by atoms with Crippen molar-refractivity contribution in [3.05, 3.63) is 53.9 Å². The summed E-state index contributed by atoms with van der Waals surface area (Å²) in [6.45, 7) is 1.78. The molecular formula is C13H12FNO3. The number of carbonyl (C=O) groups excluding carboxylic acids is 1. The summed E-state index contributed by atoms with van der Waals surface area (Å²) in [6.07, 6.45) is 5.99. The van der Waals surface area contributed by atoms with Crippen molar-refractivity contribution in [3.8, 4) is 0 Å². The molecule has 0 aliphatic heterocycles. The fourth-order valence-corrected chi connectivity index (χ4v) is 1.25. The summed E-state index contributed by atoms with van der Waals surface area (Å²) in [4.78, 5) is 22.3. The second kappa shape index (κ2) is 6.34. The van der Waals surface area contributed by atoms with Crippen molar-refractivity contribution in [1.29, 1.82) is 0 Å². The molecule has 0 unspecified atom stereocenters. The first kappa shape index (κ1) is 13.6. The number of benzene rings is 1. The molecule has 0 atom stereocenters. The number of allylic oxidation sites excluding steroid dienone is 3. The molecule has 1 rings (SSSR count). The highest BCUT2D eigenvalue weighted by Gasteiger charge is 2.15. The minimum absolute atomic E-state index is 0.289. The number of carboxylic acid groups (broad SMARTS) is 1. The van der Waals surface area contributed by atoms with Crippen molar-refractivity contribution < 1.29 is 19.1 Å². The third-order valence-electron chi connectivity index (χ3n) is 2.04. The largest absolute Gasteiger partial charge is 0.478 e. The lowest BCUT2D eigenvalue weighted by molar-refractivity contribution is -0.111. The van der Waals surface area contributed by atoms with Crippen molar-refractivity contribution in [3.63, 3.8) is 0 Å². The van der Waals surface area contributed by atoms with Crippen LogP contribution >= 0.6 is 0 Å². The normalized spacial score (nSPS) is 11.0. The minimum atomic E-state index is -1.30. The van der Waals surface area contributed by atoms with E-state index in [0.717, 1.165) is 6.07 Å². The Morgan fingerprint density at radius 1 is 1.33 bits per heavy atom. The highest BCUT2D eigenvalue weighted by molar-refractivity contribution is 6.04. The average molecular weight is 249 g/mol. The van der Waals surface area contributed by atoms with Crippen LogP contribution in [0.2, 0.25) is 0 Å². The van der Waals surface area contributed by atoms with Crippen LogP contribution in [0.5, 0.6) is 0 Å². The van der Waals surface area contributed by atoms with Crippen molar-refractivity contribution in [2.45, 2.75) is 6.92 Å². The van der Waals surface area contributed by atoms with Gasteiger partial charge in [0.25, 0.3) is 0 Å². The van der Waals surface area contributed by atoms with E-state index in [2.05, 4.69) is 5.32 Å². The Morgan fingerprint density at radius 3 is 2.67 bits per heavy atom. The molecule has 18 heavy (non-hydrogen) atoms. The number of hydrogen-bond donors (Lipinski definition) is 2. The minimum Gasteiger partial charge on any atom is -0.478 e. The van der Waals surface area contributed by atoms with E-state index in [1.54, 1.807) is 19.1 Å². The SMILES string of the molecule is C/C=C/C=C/C(=O)Nc1c(F)cccc1C(=O)O. The fourth-order valence-electron chi connectivity index (χ4n) is 1.25. The number of carbonyl (C=O) groups is 2. The number of para-hydroxylation sites is 1. The van der Waals surface area contributed by atoms with E-state index in [1.165, 1.54) is 24.3 Å². The second-order valence-electron chi connectivity index (χ2n) is 3.34. The van der Waals surface area contributed by atoms with E-state index in [0.29, 0.717) is 0 Å². The monoisotopic (exact) mass is 249 g/mol. The van der Waals surface area contributed by atoms with Crippen LogP contribution in [0.4, 0.5) is 10.1 Å². The highest BCUT2D eigenvalue weighted by Crippen LogP contribution is 2.19. The van der Waals surface area contributed by atoms with E-state index in [4.69, 9.17) is 5.11 Å². The maximum atomic E-state index is 13.4. The zero-order chi connectivity index (χ0) is 13.5. The molecule has 0 aromatic heterocycles. The van der Waals surface area contributed by atoms with E-state index in [9.17, 15) is 14.0 Å². The van der Waals surface area contributed by atoms with Gasteiger partial charge in [-0.3, -0.25) is 4.79 Å². The van der Waals surface area contributed by atoms with Gasteiger partial charge in [0.2, 0.25) is 5.91 Å². The molecule has 4 nitrogen and oxygen atoms in total. The van der Waals surface area contributed by atoms with Gasteiger partial charge in [-0.25, -0.2) is 9.18 Å². The van der Waals surface area contributed by atoms with E-state index < -0.39 is 17.7 Å². The Labute approximate surface area is 103 Å². The Balaban J connectivity index is 2.96. The number of halogens is 1. The van der Waals surface area contributed by atoms with E-state index >= 15 is 0 Å². The van der Waals surface area contributed by atoms with E-state index in [1.807, 2.05) is 0 Å². The molecule has 0 fully saturated rings. The lowest BCUT2D eigenvalue weighted by Crippen LogP contribution is -2.13. The smallest absolute Gasteiger partial charge is 0.337 e. The summed E-state index contributed by atoms with van der Waals surface area (Å²) in [5.41, 5.74) is -0.622. The molecule has 0 aliphatic carbocycles. The highest BCUT2D eigenvalue weighted by atomic mass is 19.1. The molecular weight excluding hydrogens is 237 g/mol. The molecule has 0 saturated heterocycles. The summed E-state index contributed by atoms with van der Waals surface area (Å²) in [7, 11) is 0. The first-order chi connectivity index (χ1) is 8.56. The fraction of sp³-hybridized carbons (Fsp3) is 0.0769. The van der Waals surface area contributed by atoms with Gasteiger partial charge in [-0.2, -0.15) is 0 Å². The molecule has 1 aromatic carbocycles. The molecule has 0 spiro atoms. The Kier molecular flexibility index (Phi) is 4.80. The molecule has 2 N–H and O–H groups in total. The number of rotatable bonds is 4. The van der Waals surface area contributed by atoms with Crippen LogP contribution < -0.4 is 5.32 Å². The predicted octanol–water partition coefficient (Wildman–Crippen LogP) is 2.59. The lowest BCUT2D eigenvalue weighted by atomic mass is 10.1. The third-order valence-corrected chi connectivity index (χ3v) is 2.04. The molecule has 1 aromatic rings. The van der Waals surface area contributed by atoms with Gasteiger partial charge in [0.05, 0.1) is 11.3 Å². The molecule has 0 heterocycles. The van der Waals surface area contributed by atoms with Gasteiger partial charge < -0.3 is 10.4 Å². The van der Waals surface area contributed by atoms with Crippen molar-refractivity contribution >= 4 is 17.6 Å². The van der Waals surface area contributed by atoms with Gasteiger partial charge in [-0.15, -0.1) is 0 Å². The number of aromatic carboxylic acids is 1. The van der Waals surface area contributed by atoms with Crippen molar-refractivity contribution in [1.82, 2.24) is 0 Å².